The van der Waals surface area contributed by atoms with E-state index < -0.39 is 10.0 Å². The van der Waals surface area contributed by atoms with Crippen LogP contribution in [0.1, 0.15) is 30.4 Å². The molecule has 0 atom stereocenters. The van der Waals surface area contributed by atoms with E-state index in [9.17, 15) is 8.42 Å². The van der Waals surface area contributed by atoms with Gasteiger partial charge in [-0.2, -0.15) is 4.31 Å². The van der Waals surface area contributed by atoms with Gasteiger partial charge in [0, 0.05) is 19.3 Å². The van der Waals surface area contributed by atoms with Gasteiger partial charge in [0.2, 0.25) is 10.0 Å². The van der Waals surface area contributed by atoms with Crippen molar-refractivity contribution in [1.29, 1.82) is 0 Å². The zero-order valence-electron chi connectivity index (χ0n) is 13.9. The normalized spacial score (nSPS) is 16.5. The first-order valence-corrected chi connectivity index (χ1v) is 9.71. The molecule has 24 heavy (non-hydrogen) atoms. The lowest BCUT2D eigenvalue weighted by Crippen LogP contribution is -2.35. The van der Waals surface area contributed by atoms with Crippen LogP contribution in [0.2, 0.25) is 0 Å². The van der Waals surface area contributed by atoms with E-state index in [-0.39, 0.29) is 0 Å². The summed E-state index contributed by atoms with van der Waals surface area (Å²) in [5, 5.41) is 0. The van der Waals surface area contributed by atoms with Crippen molar-refractivity contribution < 1.29 is 8.42 Å². The number of hydrogen-bond donors (Lipinski definition) is 0. The summed E-state index contributed by atoms with van der Waals surface area (Å²) in [6.07, 6.45) is 4.78. The molecule has 0 amide bonds. The number of rotatable bonds is 4. The molecule has 1 fully saturated rings. The molecule has 0 radical (unpaired) electrons. The number of benzene rings is 2. The lowest BCUT2D eigenvalue weighted by molar-refractivity contribution is 0.346. The largest absolute Gasteiger partial charge is 0.256 e. The predicted octanol–water partition coefficient (Wildman–Crippen LogP) is 3.92. The van der Waals surface area contributed by atoms with Crippen LogP contribution in [-0.4, -0.2) is 32.0 Å². The second-order valence-corrected chi connectivity index (χ2v) is 8.07. The van der Waals surface area contributed by atoms with Gasteiger partial charge in [0.1, 0.15) is 0 Å². The van der Waals surface area contributed by atoms with Gasteiger partial charge in [0.25, 0.3) is 0 Å². The summed E-state index contributed by atoms with van der Waals surface area (Å²) in [6.45, 7) is 3.29. The number of aliphatic imine (C=N–C) groups is 1. The fourth-order valence-corrected chi connectivity index (χ4v) is 4.28. The van der Waals surface area contributed by atoms with Gasteiger partial charge in [-0.1, -0.05) is 36.2 Å². The first-order valence-electron chi connectivity index (χ1n) is 8.27. The highest BCUT2D eigenvalue weighted by Gasteiger charge is 2.25. The van der Waals surface area contributed by atoms with Crippen molar-refractivity contribution in [3.05, 3.63) is 59.7 Å². The standard InChI is InChI=1S/C19H22N2O2S/c1-16-5-7-17(8-6-16)15-20-18-9-11-19(12-10-18)24(22,23)21-13-3-2-4-14-21/h5-12,15H,2-4,13-14H2,1H3. The summed E-state index contributed by atoms with van der Waals surface area (Å²) >= 11 is 0. The molecule has 5 heteroatoms. The number of hydrogen-bond acceptors (Lipinski definition) is 3. The van der Waals surface area contributed by atoms with E-state index in [4.69, 9.17) is 0 Å². The maximum atomic E-state index is 12.6. The van der Waals surface area contributed by atoms with Crippen molar-refractivity contribution in [1.82, 2.24) is 4.31 Å². The Balaban J connectivity index is 1.74. The third kappa shape index (κ3) is 3.91. The molecule has 0 aliphatic carbocycles. The first kappa shape index (κ1) is 16.9. The Morgan fingerprint density at radius 3 is 2.17 bits per heavy atom. The average Bonchev–Trinajstić information content (AvgIpc) is 2.62. The SMILES string of the molecule is Cc1ccc(C=Nc2ccc(S(=O)(=O)N3CCCCC3)cc2)cc1. The molecular formula is C19H22N2O2S. The molecule has 0 saturated carbocycles. The fraction of sp³-hybridized carbons (Fsp3) is 0.316. The van der Waals surface area contributed by atoms with Gasteiger partial charge < -0.3 is 0 Å². The van der Waals surface area contributed by atoms with E-state index in [1.165, 1.54) is 5.56 Å². The third-order valence-corrected chi connectivity index (χ3v) is 6.14. The zero-order chi connectivity index (χ0) is 17.0. The van der Waals surface area contributed by atoms with Crippen molar-refractivity contribution in [2.24, 2.45) is 4.99 Å². The minimum Gasteiger partial charge on any atom is -0.256 e. The number of piperidine rings is 1. The Labute approximate surface area is 143 Å². The molecule has 4 nitrogen and oxygen atoms in total. The molecule has 126 valence electrons. The van der Waals surface area contributed by atoms with E-state index in [0.717, 1.165) is 30.5 Å². The van der Waals surface area contributed by atoms with E-state index in [0.29, 0.717) is 18.0 Å². The lowest BCUT2D eigenvalue weighted by Gasteiger charge is -2.25. The quantitative estimate of drug-likeness (QED) is 0.791. The van der Waals surface area contributed by atoms with Crippen LogP contribution >= 0.6 is 0 Å². The third-order valence-electron chi connectivity index (χ3n) is 4.23. The van der Waals surface area contributed by atoms with Crippen LogP contribution in [0.5, 0.6) is 0 Å². The summed E-state index contributed by atoms with van der Waals surface area (Å²) in [5.74, 6) is 0. The maximum Gasteiger partial charge on any atom is 0.243 e. The van der Waals surface area contributed by atoms with Crippen LogP contribution in [0.25, 0.3) is 0 Å². The Morgan fingerprint density at radius 1 is 0.917 bits per heavy atom. The fourth-order valence-electron chi connectivity index (χ4n) is 2.76. The van der Waals surface area contributed by atoms with Crippen molar-refractivity contribution in [3.63, 3.8) is 0 Å². The highest BCUT2D eigenvalue weighted by Crippen LogP contribution is 2.22. The van der Waals surface area contributed by atoms with Crippen LogP contribution in [0.15, 0.2) is 58.4 Å². The van der Waals surface area contributed by atoms with Crippen LogP contribution in [0.4, 0.5) is 5.69 Å². The van der Waals surface area contributed by atoms with Crippen LogP contribution in [0, 0.1) is 6.92 Å². The molecule has 0 aromatic heterocycles. The van der Waals surface area contributed by atoms with Crippen molar-refractivity contribution >= 4 is 21.9 Å². The topological polar surface area (TPSA) is 49.7 Å². The van der Waals surface area contributed by atoms with Crippen molar-refractivity contribution in [2.75, 3.05) is 13.1 Å². The van der Waals surface area contributed by atoms with Gasteiger partial charge >= 0.3 is 0 Å². The molecule has 2 aromatic rings. The summed E-state index contributed by atoms with van der Waals surface area (Å²) < 4.78 is 26.8. The first-order chi connectivity index (χ1) is 11.6. The van der Waals surface area contributed by atoms with Gasteiger partial charge in [0.05, 0.1) is 10.6 Å². The molecule has 0 N–H and O–H groups in total. The highest BCUT2D eigenvalue weighted by atomic mass is 32.2. The van der Waals surface area contributed by atoms with Crippen LogP contribution in [0.3, 0.4) is 0 Å². The van der Waals surface area contributed by atoms with Crippen molar-refractivity contribution in [3.8, 4) is 0 Å². The Hall–Kier alpha value is -1.98. The number of sulfonamides is 1. The molecule has 0 spiro atoms. The van der Waals surface area contributed by atoms with E-state index >= 15 is 0 Å². The molecule has 2 aromatic carbocycles. The van der Waals surface area contributed by atoms with Crippen molar-refractivity contribution in [2.45, 2.75) is 31.1 Å². The molecule has 1 aliphatic heterocycles. The highest BCUT2D eigenvalue weighted by molar-refractivity contribution is 7.89. The van der Waals surface area contributed by atoms with Crippen LogP contribution in [-0.2, 0) is 10.0 Å². The molecule has 1 saturated heterocycles. The Morgan fingerprint density at radius 2 is 1.54 bits per heavy atom. The maximum absolute atomic E-state index is 12.6. The van der Waals surface area contributed by atoms with Gasteiger partial charge in [-0.3, -0.25) is 4.99 Å². The van der Waals surface area contributed by atoms with Crippen LogP contribution < -0.4 is 0 Å². The molecule has 3 rings (SSSR count). The second kappa shape index (κ2) is 7.28. The van der Waals surface area contributed by atoms with E-state index in [2.05, 4.69) is 4.99 Å². The minimum atomic E-state index is -3.37. The predicted molar refractivity (Wildman–Crippen MR) is 97.5 cm³/mol. The number of aryl methyl sites for hydroxylation is 1. The summed E-state index contributed by atoms with van der Waals surface area (Å²) in [6, 6.07) is 14.9. The van der Waals surface area contributed by atoms with Gasteiger partial charge in [-0.15, -0.1) is 0 Å². The minimum absolute atomic E-state index is 0.346. The van der Waals surface area contributed by atoms with Gasteiger partial charge in [0.15, 0.2) is 0 Å². The molecule has 1 aliphatic rings. The van der Waals surface area contributed by atoms with E-state index in [1.807, 2.05) is 31.2 Å². The Kier molecular flexibility index (Phi) is 5.11. The molecule has 1 heterocycles. The van der Waals surface area contributed by atoms with Gasteiger partial charge in [-0.05, 0) is 49.6 Å². The summed E-state index contributed by atoms with van der Waals surface area (Å²) in [4.78, 5) is 4.75. The zero-order valence-corrected chi connectivity index (χ0v) is 14.7. The van der Waals surface area contributed by atoms with E-state index in [1.54, 1.807) is 34.8 Å². The molecule has 0 bridgehead atoms. The number of nitrogens with zero attached hydrogens (tertiary/aromatic N) is 2. The smallest absolute Gasteiger partial charge is 0.243 e. The molecule has 0 unspecified atom stereocenters. The summed E-state index contributed by atoms with van der Waals surface area (Å²) in [7, 11) is -3.37. The lowest BCUT2D eigenvalue weighted by atomic mass is 10.2. The summed E-state index contributed by atoms with van der Waals surface area (Å²) in [5.41, 5.74) is 2.97. The average molecular weight is 342 g/mol. The second-order valence-electron chi connectivity index (χ2n) is 6.13. The molecular weight excluding hydrogens is 320 g/mol. The van der Waals surface area contributed by atoms with Gasteiger partial charge in [-0.25, -0.2) is 8.42 Å². The monoisotopic (exact) mass is 342 g/mol. The Bertz CT molecular complexity index is 803.